The first-order valence-corrected chi connectivity index (χ1v) is 11.3. The summed E-state index contributed by atoms with van der Waals surface area (Å²) >= 11 is 18.7. The van der Waals surface area contributed by atoms with Crippen molar-refractivity contribution in [2.24, 2.45) is 0 Å². The van der Waals surface area contributed by atoms with Crippen LogP contribution in [-0.2, 0) is 0 Å². The first-order chi connectivity index (χ1) is 16.4. The Bertz CT molecular complexity index is 1530. The highest BCUT2D eigenvalue weighted by Crippen LogP contribution is 2.36. The molecule has 34 heavy (non-hydrogen) atoms. The monoisotopic (exact) mass is 508 g/mol. The van der Waals surface area contributed by atoms with Crippen LogP contribution in [0.15, 0.2) is 78.9 Å². The van der Waals surface area contributed by atoms with Gasteiger partial charge in [0.25, 0.3) is 6.01 Å². The number of carbonyl (C=O) groups is 1. The van der Waals surface area contributed by atoms with Crippen molar-refractivity contribution in [2.45, 2.75) is 0 Å². The molecule has 8 heteroatoms. The maximum absolute atomic E-state index is 11.4. The second-order valence-electron chi connectivity index (χ2n) is 7.50. The fraction of sp³-hybridized carbons (Fsp3) is 0. The van der Waals surface area contributed by atoms with E-state index in [1.54, 1.807) is 6.07 Å². The maximum Gasteiger partial charge on any atom is 0.337 e. The van der Waals surface area contributed by atoms with E-state index in [1.807, 2.05) is 48.5 Å². The van der Waals surface area contributed by atoms with Crippen LogP contribution in [0.5, 0.6) is 11.8 Å². The molecule has 5 nitrogen and oxygen atoms in total. The normalized spacial score (nSPS) is 11.0. The molecule has 0 aliphatic carbocycles. The van der Waals surface area contributed by atoms with Crippen molar-refractivity contribution in [3.05, 3.63) is 99.5 Å². The molecule has 0 atom stereocenters. The molecule has 168 valence electrons. The number of rotatable bonds is 5. The Balaban J connectivity index is 1.47. The molecule has 5 rings (SSSR count). The number of fused-ring (bicyclic) bond motifs is 1. The summed E-state index contributed by atoms with van der Waals surface area (Å²) in [4.78, 5) is 18.9. The summed E-state index contributed by atoms with van der Waals surface area (Å²) in [6.45, 7) is 0. The Hall–Kier alpha value is -3.51. The van der Waals surface area contributed by atoms with Crippen LogP contribution in [0.4, 0.5) is 0 Å². The summed E-state index contributed by atoms with van der Waals surface area (Å²) in [5.41, 5.74) is 5.18. The summed E-state index contributed by atoms with van der Waals surface area (Å²) in [6.07, 6.45) is 0. The molecule has 0 bridgehead atoms. The molecular formula is C26H15Cl3N2O3. The van der Waals surface area contributed by atoms with Crippen LogP contribution < -0.4 is 4.74 Å². The zero-order chi connectivity index (χ0) is 23.8. The summed E-state index contributed by atoms with van der Waals surface area (Å²) in [6, 6.07) is 24.6. The number of ether oxygens (including phenoxy) is 1. The van der Waals surface area contributed by atoms with E-state index >= 15 is 0 Å². The van der Waals surface area contributed by atoms with Gasteiger partial charge in [-0.25, -0.2) is 4.79 Å². The molecule has 1 aromatic heterocycles. The molecule has 1 heterocycles. The number of halogens is 3. The standard InChI is InChI=1S/C26H15Cl3N2O3/c27-19-12-21(29)24(11-18(19)25(32)33)34-26-30-22-10-17(20(28)13-23(22)31-26)16-8-6-15(7-9-16)14-4-2-1-3-5-14/h1-13H,(H,30,31)(H,32,33). The van der Waals surface area contributed by atoms with Gasteiger partial charge < -0.3 is 14.8 Å². The molecule has 2 N–H and O–H groups in total. The van der Waals surface area contributed by atoms with E-state index in [2.05, 4.69) is 22.1 Å². The first kappa shape index (κ1) is 22.3. The second-order valence-corrected chi connectivity index (χ2v) is 8.73. The molecule has 0 aliphatic rings. The van der Waals surface area contributed by atoms with Gasteiger partial charge >= 0.3 is 5.97 Å². The highest BCUT2D eigenvalue weighted by Gasteiger charge is 2.16. The minimum atomic E-state index is -1.19. The van der Waals surface area contributed by atoms with E-state index in [0.29, 0.717) is 16.1 Å². The molecule has 0 spiro atoms. The van der Waals surface area contributed by atoms with E-state index < -0.39 is 5.97 Å². The molecular weight excluding hydrogens is 495 g/mol. The lowest BCUT2D eigenvalue weighted by atomic mass is 10.00. The Labute approximate surface area is 209 Å². The third-order valence-corrected chi connectivity index (χ3v) is 6.23. The van der Waals surface area contributed by atoms with E-state index in [-0.39, 0.29) is 27.4 Å². The van der Waals surface area contributed by atoms with E-state index in [1.165, 1.54) is 12.1 Å². The lowest BCUT2D eigenvalue weighted by molar-refractivity contribution is 0.0696. The van der Waals surface area contributed by atoms with Crippen LogP contribution in [0.2, 0.25) is 15.1 Å². The minimum absolute atomic E-state index is 0.0177. The van der Waals surface area contributed by atoms with Gasteiger partial charge in [0.1, 0.15) is 0 Å². The zero-order valence-corrected chi connectivity index (χ0v) is 19.6. The highest BCUT2D eigenvalue weighted by atomic mass is 35.5. The zero-order valence-electron chi connectivity index (χ0n) is 17.4. The third-order valence-electron chi connectivity index (χ3n) is 5.31. The number of aromatic amines is 1. The predicted molar refractivity (Wildman–Crippen MR) is 135 cm³/mol. The lowest BCUT2D eigenvalue weighted by Crippen LogP contribution is -1.99. The molecule has 0 radical (unpaired) electrons. The summed E-state index contributed by atoms with van der Waals surface area (Å²) in [5, 5.41) is 10.0. The van der Waals surface area contributed by atoms with Crippen molar-refractivity contribution in [1.29, 1.82) is 0 Å². The molecule has 0 saturated heterocycles. The van der Waals surface area contributed by atoms with Crippen LogP contribution in [0.1, 0.15) is 10.4 Å². The number of benzene rings is 4. The predicted octanol–water partition coefficient (Wildman–Crippen LogP) is 8.35. The van der Waals surface area contributed by atoms with Gasteiger partial charge in [-0.05, 0) is 41.0 Å². The van der Waals surface area contributed by atoms with Gasteiger partial charge in [-0.3, -0.25) is 0 Å². The average Bonchev–Trinajstić information content (AvgIpc) is 3.22. The van der Waals surface area contributed by atoms with Crippen LogP contribution in [-0.4, -0.2) is 21.0 Å². The number of nitrogens with one attached hydrogen (secondary N) is 1. The van der Waals surface area contributed by atoms with Gasteiger partial charge in [-0.2, -0.15) is 4.98 Å². The Morgan fingerprint density at radius 2 is 1.47 bits per heavy atom. The molecule has 0 amide bonds. The fourth-order valence-electron chi connectivity index (χ4n) is 3.62. The van der Waals surface area contributed by atoms with Crippen molar-refractivity contribution in [3.8, 4) is 34.0 Å². The smallest absolute Gasteiger partial charge is 0.337 e. The quantitative estimate of drug-likeness (QED) is 0.250. The Morgan fingerprint density at radius 1 is 0.794 bits per heavy atom. The topological polar surface area (TPSA) is 75.2 Å². The van der Waals surface area contributed by atoms with E-state index in [9.17, 15) is 9.90 Å². The third kappa shape index (κ3) is 4.33. The van der Waals surface area contributed by atoms with Gasteiger partial charge in [-0.1, -0.05) is 89.4 Å². The van der Waals surface area contributed by atoms with E-state index in [0.717, 1.165) is 22.3 Å². The van der Waals surface area contributed by atoms with Gasteiger partial charge in [0.2, 0.25) is 0 Å². The minimum Gasteiger partial charge on any atom is -0.478 e. The molecule has 5 aromatic rings. The molecule has 4 aromatic carbocycles. The number of H-pyrrole nitrogens is 1. The van der Waals surface area contributed by atoms with Crippen molar-refractivity contribution in [1.82, 2.24) is 9.97 Å². The van der Waals surface area contributed by atoms with Crippen molar-refractivity contribution >= 4 is 51.8 Å². The van der Waals surface area contributed by atoms with Crippen LogP contribution in [0, 0.1) is 0 Å². The number of carboxylic acids is 1. The number of hydrogen-bond donors (Lipinski definition) is 2. The van der Waals surface area contributed by atoms with Crippen molar-refractivity contribution < 1.29 is 14.6 Å². The van der Waals surface area contributed by atoms with Crippen LogP contribution in [0.25, 0.3) is 33.3 Å². The Morgan fingerprint density at radius 3 is 2.18 bits per heavy atom. The SMILES string of the molecule is O=C(O)c1cc(Oc2nc3cc(-c4ccc(-c5ccccc5)cc4)c(Cl)cc3[nH]2)c(Cl)cc1Cl. The van der Waals surface area contributed by atoms with Crippen molar-refractivity contribution in [2.75, 3.05) is 0 Å². The van der Waals surface area contributed by atoms with Gasteiger partial charge in [0, 0.05) is 5.56 Å². The molecule has 0 aliphatic heterocycles. The van der Waals surface area contributed by atoms with Gasteiger partial charge in [0.05, 0.1) is 31.7 Å². The molecule has 0 saturated carbocycles. The van der Waals surface area contributed by atoms with Gasteiger partial charge in [-0.15, -0.1) is 0 Å². The number of nitrogens with zero attached hydrogens (tertiary/aromatic N) is 1. The summed E-state index contributed by atoms with van der Waals surface area (Å²) in [5.74, 6) is -1.07. The number of aromatic carboxylic acids is 1. The fourth-order valence-corrected chi connectivity index (χ4v) is 4.40. The maximum atomic E-state index is 11.4. The highest BCUT2D eigenvalue weighted by molar-refractivity contribution is 6.37. The van der Waals surface area contributed by atoms with Crippen molar-refractivity contribution in [3.63, 3.8) is 0 Å². The van der Waals surface area contributed by atoms with E-state index in [4.69, 9.17) is 39.5 Å². The second kappa shape index (κ2) is 9.03. The summed E-state index contributed by atoms with van der Waals surface area (Å²) in [7, 11) is 0. The molecule has 0 fully saturated rings. The molecule has 0 unspecified atom stereocenters. The van der Waals surface area contributed by atoms with Gasteiger partial charge in [0.15, 0.2) is 5.75 Å². The number of hydrogen-bond acceptors (Lipinski definition) is 3. The number of carboxylic acid groups (broad SMARTS) is 1. The summed E-state index contributed by atoms with van der Waals surface area (Å²) < 4.78 is 5.73. The van der Waals surface area contributed by atoms with Crippen LogP contribution >= 0.6 is 34.8 Å². The van der Waals surface area contributed by atoms with Crippen LogP contribution in [0.3, 0.4) is 0 Å². The lowest BCUT2D eigenvalue weighted by Gasteiger charge is -2.07. The average molecular weight is 510 g/mol. The largest absolute Gasteiger partial charge is 0.478 e. The number of aromatic nitrogens is 2. The Kier molecular flexibility index (Phi) is 5.92. The number of imidazole rings is 1. The first-order valence-electron chi connectivity index (χ1n) is 10.1.